The summed E-state index contributed by atoms with van der Waals surface area (Å²) >= 11 is 13.9. The van der Waals surface area contributed by atoms with E-state index in [1.54, 1.807) is 41.9 Å². The lowest BCUT2D eigenvalue weighted by Crippen LogP contribution is -2.16. The van der Waals surface area contributed by atoms with Crippen molar-refractivity contribution in [2.75, 3.05) is 0 Å². The average Bonchev–Trinajstić information content (AvgIpc) is 3.25. The van der Waals surface area contributed by atoms with Crippen LogP contribution in [0.4, 0.5) is 0 Å². The molecule has 0 bridgehead atoms. The molecule has 0 saturated heterocycles. The topological polar surface area (TPSA) is 120 Å². The first-order valence-corrected chi connectivity index (χ1v) is 12.0. The van der Waals surface area contributed by atoms with Crippen molar-refractivity contribution in [1.29, 1.82) is 0 Å². The number of primary amides is 1. The summed E-state index contributed by atoms with van der Waals surface area (Å²) in [6, 6.07) is 12.3. The minimum atomic E-state index is -0.465. The van der Waals surface area contributed by atoms with Gasteiger partial charge in [-0.1, -0.05) is 58.4 Å². The lowest BCUT2D eigenvalue weighted by molar-refractivity contribution is 0.100. The summed E-state index contributed by atoms with van der Waals surface area (Å²) in [6.45, 7) is 2.22. The highest BCUT2D eigenvalue weighted by molar-refractivity contribution is 7.98. The molecule has 0 saturated carbocycles. The third kappa shape index (κ3) is 5.67. The smallest absolute Gasteiger partial charge is 0.254 e. The quantitative estimate of drug-likeness (QED) is 0.270. The molecule has 0 aliphatic carbocycles. The largest absolute Gasteiger partial charge is 0.366 e. The van der Waals surface area contributed by atoms with Crippen molar-refractivity contribution >= 4 is 40.9 Å². The van der Waals surface area contributed by atoms with Crippen LogP contribution in [0.5, 0.6) is 0 Å². The number of aromatic nitrogens is 5. The van der Waals surface area contributed by atoms with Crippen LogP contribution in [0, 0.1) is 6.92 Å². The second-order valence-electron chi connectivity index (χ2n) is 7.58. The van der Waals surface area contributed by atoms with Crippen LogP contribution >= 0.6 is 35.0 Å². The number of nitrogens with zero attached hydrogens (tertiary/aromatic N) is 4. The van der Waals surface area contributed by atoms with Gasteiger partial charge in [-0.3, -0.25) is 9.59 Å². The zero-order valence-electron chi connectivity index (χ0n) is 18.1. The Morgan fingerprint density at radius 2 is 1.85 bits per heavy atom. The van der Waals surface area contributed by atoms with Crippen LogP contribution < -0.4 is 11.3 Å². The summed E-state index contributed by atoms with van der Waals surface area (Å²) in [4.78, 5) is 31.1. The lowest BCUT2D eigenvalue weighted by Gasteiger charge is -2.10. The third-order valence-corrected chi connectivity index (χ3v) is 6.78. The van der Waals surface area contributed by atoms with E-state index in [1.807, 2.05) is 18.3 Å². The number of benzene rings is 2. The minimum Gasteiger partial charge on any atom is -0.366 e. The summed E-state index contributed by atoms with van der Waals surface area (Å²) in [5, 5.41) is 9.88. The van der Waals surface area contributed by atoms with Crippen molar-refractivity contribution in [2.24, 2.45) is 5.73 Å². The molecular weight excluding hydrogens is 495 g/mol. The maximum Gasteiger partial charge on any atom is 0.254 e. The van der Waals surface area contributed by atoms with E-state index in [1.165, 1.54) is 11.8 Å². The Labute approximate surface area is 209 Å². The average molecular weight is 515 g/mol. The van der Waals surface area contributed by atoms with E-state index < -0.39 is 5.91 Å². The molecule has 0 fully saturated rings. The molecule has 2 aromatic heterocycles. The Kier molecular flexibility index (Phi) is 7.35. The van der Waals surface area contributed by atoms with Gasteiger partial charge in [0.2, 0.25) is 5.91 Å². The summed E-state index contributed by atoms with van der Waals surface area (Å²) in [7, 11) is 0. The van der Waals surface area contributed by atoms with Crippen molar-refractivity contribution in [2.45, 2.75) is 30.8 Å². The van der Waals surface area contributed by atoms with Crippen molar-refractivity contribution in [1.82, 2.24) is 25.0 Å². The first kappa shape index (κ1) is 24.0. The van der Waals surface area contributed by atoms with E-state index in [2.05, 4.69) is 20.3 Å². The molecule has 0 aliphatic rings. The molecule has 0 atom stereocenters. The number of carbonyl (C=O) groups excluding carboxylic acids is 1. The van der Waals surface area contributed by atoms with Gasteiger partial charge in [-0.25, -0.2) is 9.67 Å². The highest BCUT2D eigenvalue weighted by Gasteiger charge is 2.14. The van der Waals surface area contributed by atoms with Gasteiger partial charge in [0.05, 0.1) is 17.9 Å². The Morgan fingerprint density at radius 3 is 2.53 bits per heavy atom. The van der Waals surface area contributed by atoms with E-state index in [9.17, 15) is 9.59 Å². The fourth-order valence-corrected chi connectivity index (χ4v) is 4.54. The summed E-state index contributed by atoms with van der Waals surface area (Å²) in [5.41, 5.74) is 9.08. The second kappa shape index (κ2) is 10.4. The zero-order valence-corrected chi connectivity index (χ0v) is 20.4. The van der Waals surface area contributed by atoms with E-state index in [-0.39, 0.29) is 5.56 Å². The molecule has 2 heterocycles. The fraction of sp³-hybridized carbons (Fsp3) is 0.174. The van der Waals surface area contributed by atoms with Crippen LogP contribution in [0.2, 0.25) is 10.0 Å². The number of thioether (sulfide) groups is 1. The van der Waals surface area contributed by atoms with E-state index in [0.717, 1.165) is 16.8 Å². The molecule has 4 aromatic rings. The molecule has 1 amide bonds. The van der Waals surface area contributed by atoms with Crippen molar-refractivity contribution < 1.29 is 4.79 Å². The van der Waals surface area contributed by atoms with E-state index in [4.69, 9.17) is 28.9 Å². The molecule has 0 unspecified atom stereocenters. The van der Waals surface area contributed by atoms with Gasteiger partial charge in [0.25, 0.3) is 5.56 Å². The van der Waals surface area contributed by atoms with Gasteiger partial charge in [0.15, 0.2) is 5.16 Å². The Balaban J connectivity index is 1.44. The molecule has 34 heavy (non-hydrogen) atoms. The Hall–Kier alpha value is -3.14. The Bertz CT molecular complexity index is 1380. The third-order valence-electron chi connectivity index (χ3n) is 5.16. The van der Waals surface area contributed by atoms with Gasteiger partial charge in [0.1, 0.15) is 0 Å². The lowest BCUT2D eigenvalue weighted by atomic mass is 10.1. The number of carbonyl (C=O) groups is 1. The predicted octanol–water partition coefficient (Wildman–Crippen LogP) is 4.01. The molecule has 4 rings (SSSR count). The van der Waals surface area contributed by atoms with E-state index >= 15 is 0 Å². The van der Waals surface area contributed by atoms with Gasteiger partial charge in [-0.15, -0.1) is 5.10 Å². The molecule has 0 radical (unpaired) electrons. The highest BCUT2D eigenvalue weighted by Crippen LogP contribution is 2.27. The standard InChI is InChI=1S/C23H20Cl2N6O2S/c1-13-20(9-17-18(24)3-2-4-19(17)25)27-23(28-22(13)33)34-12-16-11-31(30-29-16)10-14-5-7-15(8-6-14)21(26)32/h2-8,11H,9-10,12H2,1H3,(H2,26,32)(H,27,28,33). The number of H-pyrrole nitrogens is 1. The zero-order chi connectivity index (χ0) is 24.2. The number of nitrogens with one attached hydrogen (secondary N) is 1. The first-order chi connectivity index (χ1) is 16.3. The first-order valence-electron chi connectivity index (χ1n) is 10.2. The van der Waals surface area contributed by atoms with Crippen LogP contribution in [0.1, 0.15) is 38.4 Å². The van der Waals surface area contributed by atoms with Crippen LogP contribution in [0.3, 0.4) is 0 Å². The van der Waals surface area contributed by atoms with Gasteiger partial charge in [-0.05, 0) is 42.3 Å². The van der Waals surface area contributed by atoms with Crippen LogP contribution in [-0.2, 0) is 18.7 Å². The van der Waals surface area contributed by atoms with Gasteiger partial charge >= 0.3 is 0 Å². The molecular formula is C23H20Cl2N6O2S. The van der Waals surface area contributed by atoms with Crippen molar-refractivity contribution in [3.63, 3.8) is 0 Å². The molecule has 0 spiro atoms. The van der Waals surface area contributed by atoms with Crippen molar-refractivity contribution in [3.8, 4) is 0 Å². The SMILES string of the molecule is Cc1c(Cc2c(Cl)cccc2Cl)nc(SCc2cn(Cc3ccc(C(N)=O)cc3)nn2)[nH]c1=O. The van der Waals surface area contributed by atoms with Gasteiger partial charge in [0, 0.05) is 39.5 Å². The van der Waals surface area contributed by atoms with Gasteiger partial charge in [-0.2, -0.15) is 0 Å². The highest BCUT2D eigenvalue weighted by atomic mass is 35.5. The summed E-state index contributed by atoms with van der Waals surface area (Å²) in [5.74, 6) is 0.00585. The number of rotatable bonds is 8. The maximum absolute atomic E-state index is 12.5. The fourth-order valence-electron chi connectivity index (χ4n) is 3.25. The number of hydrogen-bond donors (Lipinski definition) is 2. The van der Waals surface area contributed by atoms with Crippen LogP contribution in [0.25, 0.3) is 0 Å². The van der Waals surface area contributed by atoms with Gasteiger partial charge < -0.3 is 10.7 Å². The summed E-state index contributed by atoms with van der Waals surface area (Å²) in [6.07, 6.45) is 2.18. The number of hydrogen-bond acceptors (Lipinski definition) is 6. The molecule has 2 aromatic carbocycles. The monoisotopic (exact) mass is 514 g/mol. The van der Waals surface area contributed by atoms with Crippen molar-refractivity contribution in [3.05, 3.63) is 103 Å². The number of halogens is 2. The maximum atomic E-state index is 12.5. The second-order valence-corrected chi connectivity index (χ2v) is 9.36. The van der Waals surface area contributed by atoms with Crippen LogP contribution in [0.15, 0.2) is 58.6 Å². The number of nitrogens with two attached hydrogens (primary N) is 1. The number of aromatic amines is 1. The van der Waals surface area contributed by atoms with E-state index in [0.29, 0.717) is 50.7 Å². The predicted molar refractivity (Wildman–Crippen MR) is 133 cm³/mol. The minimum absolute atomic E-state index is 0.210. The molecule has 0 aliphatic heterocycles. The Morgan fingerprint density at radius 1 is 1.15 bits per heavy atom. The molecule has 3 N–H and O–H groups in total. The normalized spacial score (nSPS) is 11.0. The molecule has 11 heteroatoms. The number of amides is 1. The molecule has 8 nitrogen and oxygen atoms in total. The molecule has 174 valence electrons. The summed E-state index contributed by atoms with van der Waals surface area (Å²) < 4.78 is 1.70. The van der Waals surface area contributed by atoms with Crippen LogP contribution in [-0.4, -0.2) is 30.9 Å².